The summed E-state index contributed by atoms with van der Waals surface area (Å²) in [5.41, 5.74) is 2.78. The van der Waals surface area contributed by atoms with Crippen LogP contribution in [-0.2, 0) is 16.0 Å². The van der Waals surface area contributed by atoms with E-state index >= 15 is 0 Å². The number of nitrogens with one attached hydrogen (secondary N) is 1. The largest absolute Gasteiger partial charge is 0.378 e. The molecule has 0 radical (unpaired) electrons. The minimum Gasteiger partial charge on any atom is -0.378 e. The molecule has 0 spiro atoms. The summed E-state index contributed by atoms with van der Waals surface area (Å²) < 4.78 is 19.9. The van der Waals surface area contributed by atoms with Crippen LogP contribution in [0.2, 0.25) is 0 Å². The van der Waals surface area contributed by atoms with Gasteiger partial charge in [-0.25, -0.2) is 4.39 Å². The predicted molar refractivity (Wildman–Crippen MR) is 88.2 cm³/mol. The van der Waals surface area contributed by atoms with Crippen molar-refractivity contribution in [3.63, 3.8) is 0 Å². The predicted octanol–water partition coefficient (Wildman–Crippen LogP) is 2.96. The summed E-state index contributed by atoms with van der Waals surface area (Å²) >= 11 is 0. The quantitative estimate of drug-likeness (QED) is 0.907. The van der Waals surface area contributed by atoms with E-state index in [0.29, 0.717) is 25.3 Å². The van der Waals surface area contributed by atoms with Gasteiger partial charge in [0.2, 0.25) is 5.91 Å². The maximum atomic E-state index is 14.5. The van der Waals surface area contributed by atoms with E-state index in [9.17, 15) is 9.18 Å². The first-order chi connectivity index (χ1) is 11.2. The molecule has 5 heteroatoms. The normalized spacial score (nSPS) is 20.4. The second kappa shape index (κ2) is 7.30. The van der Waals surface area contributed by atoms with Crippen molar-refractivity contribution in [2.24, 2.45) is 0 Å². The first-order valence-corrected chi connectivity index (χ1v) is 8.63. The van der Waals surface area contributed by atoms with Crippen LogP contribution in [0.25, 0.3) is 0 Å². The Morgan fingerprint density at radius 3 is 2.91 bits per heavy atom. The molecule has 1 amide bonds. The SMILES string of the molecule is CCCCC(=O)NC1CCc2cc(N3CCOCC3)c(F)cc21. The lowest BCUT2D eigenvalue weighted by Gasteiger charge is -2.29. The molecule has 4 nitrogen and oxygen atoms in total. The van der Waals surface area contributed by atoms with Gasteiger partial charge in [0.25, 0.3) is 0 Å². The highest BCUT2D eigenvalue weighted by atomic mass is 19.1. The number of morpholine rings is 1. The number of amides is 1. The van der Waals surface area contributed by atoms with E-state index in [1.165, 1.54) is 0 Å². The van der Waals surface area contributed by atoms with Crippen LogP contribution in [0.15, 0.2) is 12.1 Å². The highest BCUT2D eigenvalue weighted by Crippen LogP contribution is 2.36. The number of halogens is 1. The smallest absolute Gasteiger partial charge is 0.220 e. The monoisotopic (exact) mass is 320 g/mol. The van der Waals surface area contributed by atoms with Gasteiger partial charge in [-0.3, -0.25) is 4.79 Å². The molecular formula is C18H25FN2O2. The van der Waals surface area contributed by atoms with Crippen molar-refractivity contribution in [2.75, 3.05) is 31.2 Å². The van der Waals surface area contributed by atoms with E-state index in [-0.39, 0.29) is 17.8 Å². The first kappa shape index (κ1) is 16.2. The zero-order valence-corrected chi connectivity index (χ0v) is 13.7. The topological polar surface area (TPSA) is 41.6 Å². The Balaban J connectivity index is 1.73. The van der Waals surface area contributed by atoms with Crippen LogP contribution in [0, 0.1) is 5.82 Å². The lowest BCUT2D eigenvalue weighted by Crippen LogP contribution is -2.36. The molecular weight excluding hydrogens is 295 g/mol. The van der Waals surface area contributed by atoms with Gasteiger partial charge in [0.1, 0.15) is 5.82 Å². The summed E-state index contributed by atoms with van der Waals surface area (Å²) in [6.45, 7) is 4.82. The van der Waals surface area contributed by atoms with Crippen LogP contribution in [-0.4, -0.2) is 32.2 Å². The zero-order valence-electron chi connectivity index (χ0n) is 13.7. The number of hydrogen-bond donors (Lipinski definition) is 1. The van der Waals surface area contributed by atoms with Crippen LogP contribution in [0.1, 0.15) is 49.8 Å². The standard InChI is InChI=1S/C18H25FN2O2/c1-2-3-4-18(22)20-16-6-5-13-11-17(15(19)12-14(13)16)21-7-9-23-10-8-21/h11-12,16H,2-10H2,1H3,(H,20,22). The number of benzene rings is 1. The average molecular weight is 320 g/mol. The van der Waals surface area contributed by atoms with Gasteiger partial charge in [-0.15, -0.1) is 0 Å². The van der Waals surface area contributed by atoms with Crippen LogP contribution in [0.3, 0.4) is 0 Å². The van der Waals surface area contributed by atoms with Gasteiger partial charge in [-0.1, -0.05) is 13.3 Å². The molecule has 0 bridgehead atoms. The lowest BCUT2D eigenvalue weighted by molar-refractivity contribution is -0.121. The summed E-state index contributed by atoms with van der Waals surface area (Å²) in [6.07, 6.45) is 4.21. The number of aryl methyl sites for hydroxylation is 1. The summed E-state index contributed by atoms with van der Waals surface area (Å²) in [5.74, 6) is -0.122. The van der Waals surface area contributed by atoms with E-state index in [1.54, 1.807) is 6.07 Å². The van der Waals surface area contributed by atoms with Gasteiger partial charge < -0.3 is 15.0 Å². The molecule has 2 aliphatic rings. The third kappa shape index (κ3) is 3.66. The van der Waals surface area contributed by atoms with Gasteiger partial charge in [-0.05, 0) is 42.5 Å². The molecule has 1 aromatic rings. The fourth-order valence-corrected chi connectivity index (χ4v) is 3.42. The fraction of sp³-hybridized carbons (Fsp3) is 0.611. The van der Waals surface area contributed by atoms with Crippen molar-refractivity contribution in [3.8, 4) is 0 Å². The summed E-state index contributed by atoms with van der Waals surface area (Å²) in [5, 5.41) is 3.06. The van der Waals surface area contributed by atoms with Gasteiger partial charge in [-0.2, -0.15) is 0 Å². The Morgan fingerprint density at radius 2 is 2.17 bits per heavy atom. The maximum absolute atomic E-state index is 14.5. The molecule has 1 aromatic carbocycles. The maximum Gasteiger partial charge on any atom is 0.220 e. The number of carbonyl (C=O) groups excluding carboxylic acids is 1. The molecule has 23 heavy (non-hydrogen) atoms. The zero-order chi connectivity index (χ0) is 16.2. The minimum absolute atomic E-state index is 0.0393. The Morgan fingerprint density at radius 1 is 1.39 bits per heavy atom. The number of rotatable bonds is 5. The number of unbranched alkanes of at least 4 members (excludes halogenated alkanes) is 1. The number of hydrogen-bond acceptors (Lipinski definition) is 3. The van der Waals surface area contributed by atoms with E-state index in [4.69, 9.17) is 4.74 Å². The van der Waals surface area contributed by atoms with Crippen molar-refractivity contribution in [3.05, 3.63) is 29.1 Å². The van der Waals surface area contributed by atoms with Crippen molar-refractivity contribution in [2.45, 2.75) is 45.1 Å². The molecule has 1 fully saturated rings. The molecule has 1 aliphatic carbocycles. The average Bonchev–Trinajstić information content (AvgIpc) is 2.95. The van der Waals surface area contributed by atoms with Crippen molar-refractivity contribution < 1.29 is 13.9 Å². The molecule has 1 heterocycles. The van der Waals surface area contributed by atoms with Crippen molar-refractivity contribution in [1.82, 2.24) is 5.32 Å². The molecule has 1 atom stereocenters. The third-order valence-corrected chi connectivity index (χ3v) is 4.73. The Bertz CT molecular complexity index is 570. The van der Waals surface area contributed by atoms with Crippen molar-refractivity contribution in [1.29, 1.82) is 0 Å². The summed E-state index contributed by atoms with van der Waals surface area (Å²) in [6, 6.07) is 3.55. The number of ether oxygens (including phenoxy) is 1. The van der Waals surface area contributed by atoms with Crippen LogP contribution < -0.4 is 10.2 Å². The molecule has 1 aliphatic heterocycles. The number of fused-ring (bicyclic) bond motifs is 1. The van der Waals surface area contributed by atoms with E-state index < -0.39 is 0 Å². The summed E-state index contributed by atoms with van der Waals surface area (Å²) in [7, 11) is 0. The Kier molecular flexibility index (Phi) is 5.16. The second-order valence-electron chi connectivity index (χ2n) is 6.36. The van der Waals surface area contributed by atoms with Crippen LogP contribution in [0.4, 0.5) is 10.1 Å². The van der Waals surface area contributed by atoms with Crippen LogP contribution in [0.5, 0.6) is 0 Å². The van der Waals surface area contributed by atoms with E-state index in [0.717, 1.165) is 49.9 Å². The van der Waals surface area contributed by atoms with Gasteiger partial charge in [0.15, 0.2) is 0 Å². The number of carbonyl (C=O) groups is 1. The number of nitrogens with zero attached hydrogens (tertiary/aromatic N) is 1. The Hall–Kier alpha value is -1.62. The van der Waals surface area contributed by atoms with Gasteiger partial charge in [0, 0.05) is 19.5 Å². The molecule has 1 unspecified atom stereocenters. The molecule has 1 saturated heterocycles. The highest BCUT2D eigenvalue weighted by molar-refractivity contribution is 5.76. The summed E-state index contributed by atoms with van der Waals surface area (Å²) in [4.78, 5) is 14.0. The molecule has 0 saturated carbocycles. The first-order valence-electron chi connectivity index (χ1n) is 8.63. The fourth-order valence-electron chi connectivity index (χ4n) is 3.42. The van der Waals surface area contributed by atoms with Gasteiger partial charge in [0.05, 0.1) is 24.9 Å². The highest BCUT2D eigenvalue weighted by Gasteiger charge is 2.27. The molecule has 0 aromatic heterocycles. The van der Waals surface area contributed by atoms with Gasteiger partial charge >= 0.3 is 0 Å². The number of anilines is 1. The third-order valence-electron chi connectivity index (χ3n) is 4.73. The van der Waals surface area contributed by atoms with Crippen LogP contribution >= 0.6 is 0 Å². The lowest BCUT2D eigenvalue weighted by atomic mass is 10.1. The van der Waals surface area contributed by atoms with E-state index in [2.05, 4.69) is 12.2 Å². The molecule has 126 valence electrons. The minimum atomic E-state index is -0.194. The van der Waals surface area contributed by atoms with Crippen molar-refractivity contribution >= 4 is 11.6 Å². The second-order valence-corrected chi connectivity index (χ2v) is 6.36. The van der Waals surface area contributed by atoms with E-state index in [1.807, 2.05) is 11.0 Å². The molecule has 3 rings (SSSR count). The molecule has 1 N–H and O–H groups in total. The Labute approximate surface area is 137 Å².